The number of rotatable bonds is 3. The first-order valence-electron chi connectivity index (χ1n) is 6.22. The molecular weight excluding hydrogens is 242 g/mol. The number of nitrogens with one attached hydrogen (secondary N) is 1. The molecule has 0 aliphatic carbocycles. The van der Waals surface area contributed by atoms with Gasteiger partial charge in [-0.2, -0.15) is 5.10 Å². The molecule has 0 spiro atoms. The molecule has 1 aromatic carbocycles. The molecular formula is C14H19N3S. The zero-order valence-electron chi connectivity index (χ0n) is 11.3. The molecule has 0 unspecified atom stereocenters. The molecule has 0 saturated carbocycles. The predicted octanol–water partition coefficient (Wildman–Crippen LogP) is 3.88. The van der Waals surface area contributed by atoms with Gasteiger partial charge in [-0.05, 0) is 43.1 Å². The lowest BCUT2D eigenvalue weighted by molar-refractivity contribution is 0.521. The van der Waals surface area contributed by atoms with Crippen molar-refractivity contribution in [3.8, 4) is 11.4 Å². The van der Waals surface area contributed by atoms with E-state index in [1.54, 1.807) is 0 Å². The van der Waals surface area contributed by atoms with Gasteiger partial charge in [0.15, 0.2) is 10.6 Å². The monoisotopic (exact) mass is 261 g/mol. The summed E-state index contributed by atoms with van der Waals surface area (Å²) in [6.45, 7) is 9.48. The SMILES string of the molecule is Cc1cccc(C)c1-c1n[nH]c(=S)n1CC(C)C. The summed E-state index contributed by atoms with van der Waals surface area (Å²) in [6.07, 6.45) is 0. The summed E-state index contributed by atoms with van der Waals surface area (Å²) in [5.41, 5.74) is 3.65. The maximum Gasteiger partial charge on any atom is 0.195 e. The Bertz CT molecular complexity index is 587. The summed E-state index contributed by atoms with van der Waals surface area (Å²) >= 11 is 5.32. The van der Waals surface area contributed by atoms with Gasteiger partial charge in [0.05, 0.1) is 0 Å². The third kappa shape index (κ3) is 2.38. The summed E-state index contributed by atoms with van der Waals surface area (Å²) in [5, 5.41) is 7.32. The zero-order chi connectivity index (χ0) is 13.3. The highest BCUT2D eigenvalue weighted by Crippen LogP contribution is 2.26. The van der Waals surface area contributed by atoms with E-state index in [2.05, 4.69) is 60.7 Å². The smallest absolute Gasteiger partial charge is 0.195 e. The third-order valence-corrected chi connectivity index (χ3v) is 3.32. The van der Waals surface area contributed by atoms with Crippen LogP contribution in [-0.4, -0.2) is 14.8 Å². The summed E-state index contributed by atoms with van der Waals surface area (Å²) < 4.78 is 2.79. The van der Waals surface area contributed by atoms with E-state index in [4.69, 9.17) is 12.2 Å². The number of nitrogens with zero attached hydrogens (tertiary/aromatic N) is 2. The second kappa shape index (κ2) is 5.06. The minimum Gasteiger partial charge on any atom is -0.300 e. The van der Waals surface area contributed by atoms with Crippen LogP contribution in [0.1, 0.15) is 25.0 Å². The van der Waals surface area contributed by atoms with Crippen LogP contribution in [0, 0.1) is 24.5 Å². The second-order valence-electron chi connectivity index (χ2n) is 5.12. The van der Waals surface area contributed by atoms with Crippen molar-refractivity contribution in [3.05, 3.63) is 34.1 Å². The Morgan fingerprint density at radius 2 is 1.89 bits per heavy atom. The van der Waals surface area contributed by atoms with Crippen molar-refractivity contribution in [1.82, 2.24) is 14.8 Å². The van der Waals surface area contributed by atoms with E-state index < -0.39 is 0 Å². The van der Waals surface area contributed by atoms with E-state index in [0.29, 0.717) is 10.7 Å². The van der Waals surface area contributed by atoms with Gasteiger partial charge < -0.3 is 0 Å². The van der Waals surface area contributed by atoms with Gasteiger partial charge >= 0.3 is 0 Å². The molecule has 0 aliphatic heterocycles. The van der Waals surface area contributed by atoms with Crippen LogP contribution < -0.4 is 0 Å². The highest BCUT2D eigenvalue weighted by atomic mass is 32.1. The van der Waals surface area contributed by atoms with E-state index in [1.807, 2.05) is 0 Å². The van der Waals surface area contributed by atoms with Gasteiger partial charge in [0.1, 0.15) is 0 Å². The Kier molecular flexibility index (Phi) is 3.66. The highest BCUT2D eigenvalue weighted by molar-refractivity contribution is 7.71. The standard InChI is InChI=1S/C14H19N3S/c1-9(2)8-17-13(15-16-14(17)18)12-10(3)6-5-7-11(12)4/h5-7,9H,8H2,1-4H3,(H,16,18). The van der Waals surface area contributed by atoms with Gasteiger partial charge in [-0.3, -0.25) is 9.67 Å². The quantitative estimate of drug-likeness (QED) is 0.851. The van der Waals surface area contributed by atoms with Crippen LogP contribution in [0.4, 0.5) is 0 Å². The summed E-state index contributed by atoms with van der Waals surface area (Å²) in [6, 6.07) is 6.29. The van der Waals surface area contributed by atoms with E-state index in [9.17, 15) is 0 Å². The summed E-state index contributed by atoms with van der Waals surface area (Å²) in [4.78, 5) is 0. The molecule has 1 N–H and O–H groups in total. The molecule has 3 nitrogen and oxygen atoms in total. The van der Waals surface area contributed by atoms with Crippen LogP contribution in [0.2, 0.25) is 0 Å². The Morgan fingerprint density at radius 3 is 2.44 bits per heavy atom. The fraction of sp³-hybridized carbons (Fsp3) is 0.429. The lowest BCUT2D eigenvalue weighted by atomic mass is 10.0. The Balaban J connectivity index is 2.61. The van der Waals surface area contributed by atoms with Gasteiger partial charge in [-0.25, -0.2) is 0 Å². The van der Waals surface area contributed by atoms with Gasteiger partial charge in [0.2, 0.25) is 0 Å². The molecule has 0 bridgehead atoms. The topological polar surface area (TPSA) is 33.6 Å². The number of aryl methyl sites for hydroxylation is 2. The Morgan fingerprint density at radius 1 is 1.28 bits per heavy atom. The maximum absolute atomic E-state index is 5.32. The number of benzene rings is 1. The predicted molar refractivity (Wildman–Crippen MR) is 77.2 cm³/mol. The molecule has 0 amide bonds. The summed E-state index contributed by atoms with van der Waals surface area (Å²) in [7, 11) is 0. The van der Waals surface area contributed by atoms with Crippen LogP contribution in [0.3, 0.4) is 0 Å². The van der Waals surface area contributed by atoms with Crippen molar-refractivity contribution >= 4 is 12.2 Å². The normalized spacial score (nSPS) is 11.2. The largest absolute Gasteiger partial charge is 0.300 e. The molecule has 2 aromatic rings. The molecule has 18 heavy (non-hydrogen) atoms. The van der Waals surface area contributed by atoms with Crippen molar-refractivity contribution in [2.45, 2.75) is 34.2 Å². The minimum atomic E-state index is 0.539. The van der Waals surface area contributed by atoms with Crippen LogP contribution in [0.25, 0.3) is 11.4 Å². The number of aromatic nitrogens is 3. The first-order valence-corrected chi connectivity index (χ1v) is 6.63. The van der Waals surface area contributed by atoms with Gasteiger partial charge in [0.25, 0.3) is 0 Å². The Labute approximate surface area is 113 Å². The average Bonchev–Trinajstić information content (AvgIpc) is 2.61. The molecule has 4 heteroatoms. The van der Waals surface area contributed by atoms with Crippen molar-refractivity contribution in [1.29, 1.82) is 0 Å². The van der Waals surface area contributed by atoms with Crippen LogP contribution in [0.15, 0.2) is 18.2 Å². The van der Waals surface area contributed by atoms with Crippen molar-refractivity contribution < 1.29 is 0 Å². The van der Waals surface area contributed by atoms with E-state index in [0.717, 1.165) is 12.4 Å². The molecule has 0 saturated heterocycles. The third-order valence-electron chi connectivity index (χ3n) is 3.01. The molecule has 1 heterocycles. The van der Waals surface area contributed by atoms with Crippen molar-refractivity contribution in [3.63, 3.8) is 0 Å². The molecule has 0 radical (unpaired) electrons. The number of hydrogen-bond acceptors (Lipinski definition) is 2. The van der Waals surface area contributed by atoms with Crippen LogP contribution in [-0.2, 0) is 6.54 Å². The number of hydrogen-bond donors (Lipinski definition) is 1. The fourth-order valence-corrected chi connectivity index (χ4v) is 2.42. The second-order valence-corrected chi connectivity index (χ2v) is 5.51. The Hall–Kier alpha value is -1.42. The molecule has 0 atom stereocenters. The number of aromatic amines is 1. The fourth-order valence-electron chi connectivity index (χ4n) is 2.21. The molecule has 2 rings (SSSR count). The number of H-pyrrole nitrogens is 1. The molecule has 1 aromatic heterocycles. The molecule has 0 aliphatic rings. The summed E-state index contributed by atoms with van der Waals surface area (Å²) in [5.74, 6) is 1.49. The maximum atomic E-state index is 5.32. The van der Waals surface area contributed by atoms with Gasteiger partial charge in [0, 0.05) is 12.1 Å². The van der Waals surface area contributed by atoms with Crippen LogP contribution >= 0.6 is 12.2 Å². The van der Waals surface area contributed by atoms with Crippen molar-refractivity contribution in [2.24, 2.45) is 5.92 Å². The van der Waals surface area contributed by atoms with E-state index >= 15 is 0 Å². The average molecular weight is 261 g/mol. The lowest BCUT2D eigenvalue weighted by Crippen LogP contribution is -2.07. The van der Waals surface area contributed by atoms with Gasteiger partial charge in [-0.1, -0.05) is 32.0 Å². The van der Waals surface area contributed by atoms with Crippen LogP contribution in [0.5, 0.6) is 0 Å². The first-order chi connectivity index (χ1) is 8.50. The van der Waals surface area contributed by atoms with Gasteiger partial charge in [-0.15, -0.1) is 0 Å². The molecule has 0 fully saturated rings. The molecule has 96 valence electrons. The minimum absolute atomic E-state index is 0.539. The highest BCUT2D eigenvalue weighted by Gasteiger charge is 2.14. The van der Waals surface area contributed by atoms with E-state index in [1.165, 1.54) is 16.7 Å². The zero-order valence-corrected chi connectivity index (χ0v) is 12.1. The van der Waals surface area contributed by atoms with Crippen molar-refractivity contribution in [2.75, 3.05) is 0 Å². The first kappa shape index (κ1) is 13.0. The lowest BCUT2D eigenvalue weighted by Gasteiger charge is -2.12. The van der Waals surface area contributed by atoms with E-state index in [-0.39, 0.29) is 0 Å².